The highest BCUT2D eigenvalue weighted by atomic mass is 16.5. The Morgan fingerprint density at radius 2 is 1.95 bits per heavy atom. The summed E-state index contributed by atoms with van der Waals surface area (Å²) in [5, 5.41) is 3.50. The summed E-state index contributed by atoms with van der Waals surface area (Å²) >= 11 is 0. The van der Waals surface area contributed by atoms with Crippen LogP contribution in [-0.4, -0.2) is 53.8 Å². The molecule has 0 spiro atoms. The molecule has 0 amide bonds. The summed E-state index contributed by atoms with van der Waals surface area (Å²) in [6.45, 7) is 6.88. The second-order valence-electron chi connectivity index (χ2n) is 5.27. The Labute approximate surface area is 125 Å². The van der Waals surface area contributed by atoms with Gasteiger partial charge < -0.3 is 14.6 Å². The molecule has 1 aliphatic rings. The van der Waals surface area contributed by atoms with E-state index in [2.05, 4.69) is 39.5 Å². The van der Waals surface area contributed by atoms with Crippen molar-refractivity contribution in [1.82, 2.24) is 19.8 Å². The smallest absolute Gasteiger partial charge is 0.0991 e. The van der Waals surface area contributed by atoms with Gasteiger partial charge in [-0.3, -0.25) is 4.90 Å². The third kappa shape index (κ3) is 4.14. The minimum absolute atomic E-state index is 0.871. The van der Waals surface area contributed by atoms with Crippen LogP contribution >= 0.6 is 0 Å². The van der Waals surface area contributed by atoms with E-state index in [-0.39, 0.29) is 0 Å². The van der Waals surface area contributed by atoms with Crippen molar-refractivity contribution in [3.05, 3.63) is 48.5 Å². The van der Waals surface area contributed by atoms with Crippen molar-refractivity contribution < 1.29 is 4.74 Å². The molecule has 1 aromatic heterocycles. The molecule has 0 saturated carbocycles. The second-order valence-corrected chi connectivity index (χ2v) is 5.27. The van der Waals surface area contributed by atoms with Crippen LogP contribution in [-0.2, 0) is 11.3 Å². The number of benzene rings is 1. The number of morpholine rings is 1. The van der Waals surface area contributed by atoms with E-state index >= 15 is 0 Å². The first-order valence-electron chi connectivity index (χ1n) is 7.50. The SMILES string of the molecule is c1cn(-c2ccc(CNCCN3CCOCC3)cc2)cn1. The van der Waals surface area contributed by atoms with E-state index in [0.717, 1.165) is 51.6 Å². The van der Waals surface area contributed by atoms with Gasteiger partial charge in [-0.05, 0) is 17.7 Å². The van der Waals surface area contributed by atoms with Gasteiger partial charge in [0, 0.05) is 50.8 Å². The van der Waals surface area contributed by atoms with E-state index in [1.807, 2.05) is 17.1 Å². The van der Waals surface area contributed by atoms with E-state index in [1.54, 1.807) is 6.20 Å². The summed E-state index contributed by atoms with van der Waals surface area (Å²) in [5.41, 5.74) is 2.45. The van der Waals surface area contributed by atoms with E-state index in [1.165, 1.54) is 5.56 Å². The third-order valence-electron chi connectivity index (χ3n) is 3.78. The first-order valence-corrected chi connectivity index (χ1v) is 7.50. The Kier molecular flexibility index (Phi) is 4.99. The third-order valence-corrected chi connectivity index (χ3v) is 3.78. The Balaban J connectivity index is 1.41. The Morgan fingerprint density at radius 3 is 2.67 bits per heavy atom. The van der Waals surface area contributed by atoms with Crippen LogP contribution in [0.3, 0.4) is 0 Å². The fourth-order valence-electron chi connectivity index (χ4n) is 2.49. The number of hydrogen-bond donors (Lipinski definition) is 1. The monoisotopic (exact) mass is 286 g/mol. The van der Waals surface area contributed by atoms with Crippen LogP contribution in [0.15, 0.2) is 43.0 Å². The van der Waals surface area contributed by atoms with Crippen molar-refractivity contribution in [2.75, 3.05) is 39.4 Å². The fraction of sp³-hybridized carbons (Fsp3) is 0.438. The van der Waals surface area contributed by atoms with Crippen molar-refractivity contribution in [3.63, 3.8) is 0 Å². The predicted molar refractivity (Wildman–Crippen MR) is 82.5 cm³/mol. The summed E-state index contributed by atoms with van der Waals surface area (Å²) in [6, 6.07) is 8.58. The molecule has 1 fully saturated rings. The fourth-order valence-corrected chi connectivity index (χ4v) is 2.49. The van der Waals surface area contributed by atoms with Crippen LogP contribution in [0.4, 0.5) is 0 Å². The van der Waals surface area contributed by atoms with Crippen LogP contribution < -0.4 is 5.32 Å². The van der Waals surface area contributed by atoms with Gasteiger partial charge in [0.1, 0.15) is 0 Å². The highest BCUT2D eigenvalue weighted by molar-refractivity contribution is 5.34. The largest absolute Gasteiger partial charge is 0.379 e. The normalized spacial score (nSPS) is 16.2. The quantitative estimate of drug-likeness (QED) is 0.813. The molecule has 1 N–H and O–H groups in total. The molecule has 1 aromatic carbocycles. The predicted octanol–water partition coefficient (Wildman–Crippen LogP) is 1.29. The molecular formula is C16H22N4O. The van der Waals surface area contributed by atoms with Crippen LogP contribution in [0.1, 0.15) is 5.56 Å². The lowest BCUT2D eigenvalue weighted by molar-refractivity contribution is 0.0384. The molecular weight excluding hydrogens is 264 g/mol. The molecule has 0 atom stereocenters. The highest BCUT2D eigenvalue weighted by Crippen LogP contribution is 2.09. The van der Waals surface area contributed by atoms with Gasteiger partial charge in [0.15, 0.2) is 0 Å². The van der Waals surface area contributed by atoms with Gasteiger partial charge >= 0.3 is 0 Å². The molecule has 112 valence electrons. The lowest BCUT2D eigenvalue weighted by Crippen LogP contribution is -2.40. The van der Waals surface area contributed by atoms with E-state index in [4.69, 9.17) is 4.74 Å². The Bertz CT molecular complexity index is 518. The van der Waals surface area contributed by atoms with Crippen molar-refractivity contribution in [2.24, 2.45) is 0 Å². The minimum atomic E-state index is 0.871. The number of hydrogen-bond acceptors (Lipinski definition) is 4. The summed E-state index contributed by atoms with van der Waals surface area (Å²) in [7, 11) is 0. The first kappa shape index (κ1) is 14.3. The van der Waals surface area contributed by atoms with Gasteiger partial charge in [0.2, 0.25) is 0 Å². The number of aromatic nitrogens is 2. The van der Waals surface area contributed by atoms with Crippen LogP contribution in [0.2, 0.25) is 0 Å². The molecule has 2 aromatic rings. The standard InChI is InChI=1S/C16H22N4O/c1-3-16(20-8-6-18-14-20)4-2-15(1)13-17-5-7-19-9-11-21-12-10-19/h1-4,6,8,14,17H,5,7,9-13H2. The van der Waals surface area contributed by atoms with Gasteiger partial charge in [-0.25, -0.2) is 4.98 Å². The summed E-state index contributed by atoms with van der Waals surface area (Å²) < 4.78 is 7.36. The first-order chi connectivity index (χ1) is 10.4. The molecule has 21 heavy (non-hydrogen) atoms. The summed E-state index contributed by atoms with van der Waals surface area (Å²) in [6.07, 6.45) is 5.56. The number of rotatable bonds is 6. The molecule has 0 aliphatic carbocycles. The number of nitrogens with zero attached hydrogens (tertiary/aromatic N) is 3. The molecule has 5 nitrogen and oxygen atoms in total. The number of nitrogens with one attached hydrogen (secondary N) is 1. The maximum absolute atomic E-state index is 5.35. The summed E-state index contributed by atoms with van der Waals surface area (Å²) in [4.78, 5) is 6.51. The molecule has 1 aliphatic heterocycles. The van der Waals surface area contributed by atoms with Crippen LogP contribution in [0.5, 0.6) is 0 Å². The lowest BCUT2D eigenvalue weighted by atomic mass is 10.2. The van der Waals surface area contributed by atoms with E-state index < -0.39 is 0 Å². The van der Waals surface area contributed by atoms with Gasteiger partial charge in [0.25, 0.3) is 0 Å². The second kappa shape index (κ2) is 7.36. The maximum atomic E-state index is 5.35. The van der Waals surface area contributed by atoms with Crippen LogP contribution in [0.25, 0.3) is 5.69 Å². The zero-order valence-electron chi connectivity index (χ0n) is 12.2. The van der Waals surface area contributed by atoms with Gasteiger partial charge in [-0.2, -0.15) is 0 Å². The summed E-state index contributed by atoms with van der Waals surface area (Å²) in [5.74, 6) is 0. The Hall–Kier alpha value is -1.69. The van der Waals surface area contributed by atoms with E-state index in [0.29, 0.717) is 0 Å². The average molecular weight is 286 g/mol. The van der Waals surface area contributed by atoms with Gasteiger partial charge in [-0.1, -0.05) is 12.1 Å². The van der Waals surface area contributed by atoms with Crippen molar-refractivity contribution in [1.29, 1.82) is 0 Å². The van der Waals surface area contributed by atoms with Gasteiger partial charge in [-0.15, -0.1) is 0 Å². The number of imidazole rings is 1. The van der Waals surface area contributed by atoms with Gasteiger partial charge in [0.05, 0.1) is 19.5 Å². The molecule has 0 bridgehead atoms. The van der Waals surface area contributed by atoms with Crippen molar-refractivity contribution >= 4 is 0 Å². The number of ether oxygens (including phenoxy) is 1. The maximum Gasteiger partial charge on any atom is 0.0991 e. The molecule has 5 heteroatoms. The minimum Gasteiger partial charge on any atom is -0.379 e. The topological polar surface area (TPSA) is 42.3 Å². The van der Waals surface area contributed by atoms with Crippen molar-refractivity contribution in [3.8, 4) is 5.69 Å². The zero-order chi connectivity index (χ0) is 14.3. The van der Waals surface area contributed by atoms with Crippen molar-refractivity contribution in [2.45, 2.75) is 6.54 Å². The molecule has 2 heterocycles. The molecule has 0 radical (unpaired) electrons. The molecule has 3 rings (SSSR count). The molecule has 1 saturated heterocycles. The van der Waals surface area contributed by atoms with E-state index in [9.17, 15) is 0 Å². The van der Waals surface area contributed by atoms with Crippen LogP contribution in [0, 0.1) is 0 Å². The lowest BCUT2D eigenvalue weighted by Gasteiger charge is -2.26. The average Bonchev–Trinajstić information content (AvgIpc) is 3.08. The zero-order valence-corrected chi connectivity index (χ0v) is 12.2. The highest BCUT2D eigenvalue weighted by Gasteiger charge is 2.08. The molecule has 0 unspecified atom stereocenters. The Morgan fingerprint density at radius 1 is 1.14 bits per heavy atom.